The molecule has 2 aliphatic carbocycles. The summed E-state index contributed by atoms with van der Waals surface area (Å²) in [6, 6.07) is 35.5. The molecule has 1 aromatic heterocycles. The Kier molecular flexibility index (Phi) is 3.64. The molecule has 2 nitrogen and oxygen atoms in total. The molecular formula is C31H22N2. The van der Waals surface area contributed by atoms with E-state index in [1.165, 1.54) is 44.5 Å². The van der Waals surface area contributed by atoms with Gasteiger partial charge in [0, 0.05) is 17.0 Å². The highest BCUT2D eigenvalue weighted by Crippen LogP contribution is 2.62. The van der Waals surface area contributed by atoms with Crippen molar-refractivity contribution in [3.8, 4) is 33.6 Å². The van der Waals surface area contributed by atoms with Crippen LogP contribution in [0.1, 0.15) is 33.6 Å². The van der Waals surface area contributed by atoms with Gasteiger partial charge in [-0.3, -0.25) is 0 Å². The van der Waals surface area contributed by atoms with E-state index >= 15 is 0 Å². The van der Waals surface area contributed by atoms with E-state index in [-0.39, 0.29) is 5.41 Å². The molecule has 7 rings (SSSR count). The van der Waals surface area contributed by atoms with Crippen molar-refractivity contribution in [3.63, 3.8) is 0 Å². The number of aromatic nitrogens is 2. The average Bonchev–Trinajstić information content (AvgIpc) is 3.31. The molecule has 0 unspecified atom stereocenters. The highest BCUT2D eigenvalue weighted by molar-refractivity contribution is 5.95. The zero-order valence-electron chi connectivity index (χ0n) is 18.6. The second-order valence-electron chi connectivity index (χ2n) is 9.12. The molecule has 1 heterocycles. The Morgan fingerprint density at radius 1 is 0.485 bits per heavy atom. The van der Waals surface area contributed by atoms with Crippen LogP contribution in [0.15, 0.2) is 97.1 Å². The summed E-state index contributed by atoms with van der Waals surface area (Å²) in [5.74, 6) is 0.793. The molecule has 0 N–H and O–H groups in total. The zero-order valence-corrected chi connectivity index (χ0v) is 18.6. The molecule has 0 bridgehead atoms. The summed E-state index contributed by atoms with van der Waals surface area (Å²) >= 11 is 0. The van der Waals surface area contributed by atoms with Gasteiger partial charge < -0.3 is 0 Å². The van der Waals surface area contributed by atoms with E-state index < -0.39 is 0 Å². The molecule has 0 amide bonds. The number of hydrogen-bond acceptors (Lipinski definition) is 2. The molecule has 2 aliphatic rings. The van der Waals surface area contributed by atoms with Gasteiger partial charge in [0.25, 0.3) is 0 Å². The fourth-order valence-electron chi connectivity index (χ4n) is 6.09. The first-order valence-electron chi connectivity index (χ1n) is 11.4. The summed E-state index contributed by atoms with van der Waals surface area (Å²) in [4.78, 5) is 9.54. The van der Waals surface area contributed by atoms with Crippen molar-refractivity contribution in [1.82, 2.24) is 9.97 Å². The molecule has 2 heteroatoms. The predicted octanol–water partition coefficient (Wildman–Crippen LogP) is 7.10. The Balaban J connectivity index is 1.61. The first-order valence-corrected chi connectivity index (χ1v) is 11.4. The second-order valence-corrected chi connectivity index (χ2v) is 9.12. The van der Waals surface area contributed by atoms with Crippen LogP contribution in [0.3, 0.4) is 0 Å². The second kappa shape index (κ2) is 6.49. The minimum absolute atomic E-state index is 0.325. The zero-order chi connectivity index (χ0) is 22.2. The van der Waals surface area contributed by atoms with Crippen molar-refractivity contribution in [1.29, 1.82) is 0 Å². The fourth-order valence-corrected chi connectivity index (χ4v) is 6.09. The van der Waals surface area contributed by atoms with E-state index in [0.29, 0.717) is 0 Å². The van der Waals surface area contributed by atoms with Crippen LogP contribution in [0.4, 0.5) is 0 Å². The molecule has 0 fully saturated rings. The number of fused-ring (bicyclic) bond motifs is 10. The third kappa shape index (κ3) is 2.33. The van der Waals surface area contributed by atoms with Crippen molar-refractivity contribution in [2.24, 2.45) is 0 Å². The molecule has 0 saturated heterocycles. The van der Waals surface area contributed by atoms with Gasteiger partial charge in [-0.2, -0.15) is 0 Å². The van der Waals surface area contributed by atoms with E-state index in [0.717, 1.165) is 22.8 Å². The standard InChI is InChI=1S/C31H22N2/c1-19-17-20(2)33-30(32-19)21-15-16-25-24-11-5-8-14-28(24)31(29(25)18-21)26-12-6-3-9-22(26)23-10-4-7-13-27(23)31/h3-18H,1-2H3. The summed E-state index contributed by atoms with van der Waals surface area (Å²) in [7, 11) is 0. The van der Waals surface area contributed by atoms with Crippen LogP contribution in [-0.2, 0) is 5.41 Å². The highest BCUT2D eigenvalue weighted by Gasteiger charge is 2.51. The van der Waals surface area contributed by atoms with Gasteiger partial charge in [-0.15, -0.1) is 0 Å². The number of hydrogen-bond donors (Lipinski definition) is 0. The van der Waals surface area contributed by atoms with Crippen molar-refractivity contribution < 1.29 is 0 Å². The van der Waals surface area contributed by atoms with E-state index in [2.05, 4.69) is 91.0 Å². The van der Waals surface area contributed by atoms with E-state index in [4.69, 9.17) is 9.97 Å². The van der Waals surface area contributed by atoms with Gasteiger partial charge in [0.05, 0.1) is 5.41 Å². The molecule has 156 valence electrons. The van der Waals surface area contributed by atoms with Crippen LogP contribution in [0.5, 0.6) is 0 Å². The molecule has 0 radical (unpaired) electrons. The molecule has 5 aromatic rings. The van der Waals surface area contributed by atoms with Crippen LogP contribution in [0, 0.1) is 13.8 Å². The van der Waals surface area contributed by atoms with Crippen molar-refractivity contribution in [2.75, 3.05) is 0 Å². The van der Waals surface area contributed by atoms with E-state index in [9.17, 15) is 0 Å². The lowest BCUT2D eigenvalue weighted by atomic mass is 9.70. The maximum atomic E-state index is 4.77. The van der Waals surface area contributed by atoms with Crippen molar-refractivity contribution >= 4 is 0 Å². The SMILES string of the molecule is Cc1cc(C)nc(-c2ccc3c(c2)C2(c4ccccc4-c4ccccc42)c2ccccc2-3)n1. The lowest BCUT2D eigenvalue weighted by Gasteiger charge is -2.30. The average molecular weight is 423 g/mol. The summed E-state index contributed by atoms with van der Waals surface area (Å²) in [6.45, 7) is 4.07. The molecular weight excluding hydrogens is 400 g/mol. The number of nitrogens with zero attached hydrogens (tertiary/aromatic N) is 2. The predicted molar refractivity (Wildman–Crippen MR) is 133 cm³/mol. The summed E-state index contributed by atoms with van der Waals surface area (Å²) in [6.07, 6.45) is 0. The van der Waals surface area contributed by atoms with Crippen LogP contribution < -0.4 is 0 Å². The minimum Gasteiger partial charge on any atom is -0.233 e. The molecule has 1 spiro atoms. The Hall–Kier alpha value is -4.04. The largest absolute Gasteiger partial charge is 0.233 e. The quantitative estimate of drug-likeness (QED) is 0.282. The number of aryl methyl sites for hydroxylation is 2. The number of benzene rings is 4. The molecule has 0 atom stereocenters. The minimum atomic E-state index is -0.325. The molecule has 33 heavy (non-hydrogen) atoms. The highest BCUT2D eigenvalue weighted by atomic mass is 14.9. The van der Waals surface area contributed by atoms with Gasteiger partial charge >= 0.3 is 0 Å². The van der Waals surface area contributed by atoms with Gasteiger partial charge in [-0.1, -0.05) is 84.9 Å². The van der Waals surface area contributed by atoms with Crippen LogP contribution in [-0.4, -0.2) is 9.97 Å². The topological polar surface area (TPSA) is 25.8 Å². The van der Waals surface area contributed by atoms with E-state index in [1.54, 1.807) is 0 Å². The fraction of sp³-hybridized carbons (Fsp3) is 0.0968. The first-order chi connectivity index (χ1) is 16.2. The van der Waals surface area contributed by atoms with Gasteiger partial charge in [-0.05, 0) is 70.5 Å². The van der Waals surface area contributed by atoms with Crippen molar-refractivity contribution in [3.05, 3.63) is 131 Å². The Morgan fingerprint density at radius 3 is 1.45 bits per heavy atom. The third-order valence-corrected chi connectivity index (χ3v) is 7.24. The van der Waals surface area contributed by atoms with Crippen LogP contribution in [0.25, 0.3) is 33.6 Å². The van der Waals surface area contributed by atoms with Gasteiger partial charge in [0.2, 0.25) is 0 Å². The van der Waals surface area contributed by atoms with Crippen molar-refractivity contribution in [2.45, 2.75) is 19.3 Å². The Labute approximate surface area is 193 Å². The summed E-state index contributed by atoms with van der Waals surface area (Å²) in [5, 5.41) is 0. The lowest BCUT2D eigenvalue weighted by Crippen LogP contribution is -2.25. The monoisotopic (exact) mass is 422 g/mol. The van der Waals surface area contributed by atoms with E-state index in [1.807, 2.05) is 19.9 Å². The Bertz CT molecular complexity index is 1510. The molecule has 0 saturated carbocycles. The van der Waals surface area contributed by atoms with Gasteiger partial charge in [-0.25, -0.2) is 9.97 Å². The van der Waals surface area contributed by atoms with Crippen LogP contribution >= 0.6 is 0 Å². The maximum Gasteiger partial charge on any atom is 0.159 e. The normalized spacial score (nSPS) is 14.0. The first kappa shape index (κ1) is 18.5. The Morgan fingerprint density at radius 2 is 0.939 bits per heavy atom. The van der Waals surface area contributed by atoms with Crippen LogP contribution in [0.2, 0.25) is 0 Å². The number of rotatable bonds is 1. The maximum absolute atomic E-state index is 4.77. The molecule has 4 aromatic carbocycles. The summed E-state index contributed by atoms with van der Waals surface area (Å²) < 4.78 is 0. The molecule has 0 aliphatic heterocycles. The van der Waals surface area contributed by atoms with Gasteiger partial charge in [0.15, 0.2) is 5.82 Å². The summed E-state index contributed by atoms with van der Waals surface area (Å²) in [5.41, 5.74) is 13.4. The lowest BCUT2D eigenvalue weighted by molar-refractivity contribution is 0.794. The van der Waals surface area contributed by atoms with Gasteiger partial charge in [0.1, 0.15) is 0 Å². The smallest absolute Gasteiger partial charge is 0.159 e. The third-order valence-electron chi connectivity index (χ3n) is 7.24.